The largest absolute Gasteiger partial charge is 0.392 e. The predicted octanol–water partition coefficient (Wildman–Crippen LogP) is 4.71. The van der Waals surface area contributed by atoms with Gasteiger partial charge in [0, 0.05) is 81.2 Å². The van der Waals surface area contributed by atoms with E-state index in [1.807, 2.05) is 6.07 Å². The maximum absolute atomic E-state index is 15.0. The first kappa shape index (κ1) is 38.1. The number of aryl methyl sites for hydroxylation is 1. The number of nitrogens with one attached hydrogen (secondary N) is 3. The quantitative estimate of drug-likeness (QED) is 0.147. The van der Waals surface area contributed by atoms with Gasteiger partial charge in [-0.05, 0) is 86.6 Å². The maximum Gasteiger partial charge on any atom is 0.293 e. The molecular weight excluding hydrogens is 728 g/mol. The molecule has 1 saturated carbocycles. The summed E-state index contributed by atoms with van der Waals surface area (Å²) in [7, 11) is -2.89. The van der Waals surface area contributed by atoms with Gasteiger partial charge in [0.25, 0.3) is 15.6 Å². The van der Waals surface area contributed by atoms with Crippen LogP contribution >= 0.6 is 0 Å². The summed E-state index contributed by atoms with van der Waals surface area (Å²) in [4.78, 5) is 39.0. The molecule has 16 heteroatoms. The van der Waals surface area contributed by atoms with Crippen LogP contribution in [0.1, 0.15) is 49.7 Å². The summed E-state index contributed by atoms with van der Waals surface area (Å²) in [5, 5.41) is 16.5. The third-order valence-corrected chi connectivity index (χ3v) is 11.8. The van der Waals surface area contributed by atoms with Crippen molar-refractivity contribution in [2.45, 2.75) is 62.1 Å². The van der Waals surface area contributed by atoms with Crippen molar-refractivity contribution in [1.82, 2.24) is 19.4 Å². The highest BCUT2D eigenvalue weighted by Crippen LogP contribution is 2.41. The molecule has 1 aliphatic carbocycles. The van der Waals surface area contributed by atoms with Crippen molar-refractivity contribution < 1.29 is 27.4 Å². The number of carbonyl (C=O) groups is 1. The Bertz CT molecular complexity index is 2270. The van der Waals surface area contributed by atoms with Gasteiger partial charge < -0.3 is 29.9 Å². The first-order valence-corrected chi connectivity index (χ1v) is 19.9. The smallest absolute Gasteiger partial charge is 0.293 e. The zero-order valence-electron chi connectivity index (χ0n) is 30.8. The van der Waals surface area contributed by atoms with Crippen molar-refractivity contribution in [3.63, 3.8) is 0 Å². The third kappa shape index (κ3) is 8.27. The Kier molecular flexibility index (Phi) is 11.0. The topological polar surface area (TPSA) is 171 Å². The number of aromatic nitrogens is 3. The van der Waals surface area contributed by atoms with Gasteiger partial charge in [-0.2, -0.15) is 0 Å². The molecule has 55 heavy (non-hydrogen) atoms. The highest BCUT2D eigenvalue weighted by molar-refractivity contribution is 7.92. The number of amides is 1. The van der Waals surface area contributed by atoms with E-state index in [-0.39, 0.29) is 40.8 Å². The molecule has 3 aliphatic rings. The SMILES string of the molecule is C=CC(=O)Nc1cc(Nc2nc(-c3ccnc(NS(=O)(=O)c4ccc(C5CC5)cc4F)c3CO)cn(C)c2=O)ccc1N1CCN(C2CCOCC2)C[C@@H]1C. The molecule has 1 atom stereocenters. The van der Waals surface area contributed by atoms with E-state index in [2.05, 4.69) is 48.6 Å². The van der Waals surface area contributed by atoms with Crippen molar-refractivity contribution in [2.24, 2.45) is 7.05 Å². The van der Waals surface area contributed by atoms with E-state index in [4.69, 9.17) is 4.74 Å². The molecule has 0 spiro atoms. The van der Waals surface area contributed by atoms with Gasteiger partial charge in [0.15, 0.2) is 5.82 Å². The molecule has 4 heterocycles. The summed E-state index contributed by atoms with van der Waals surface area (Å²) in [6, 6.07) is 11.7. The molecule has 0 radical (unpaired) electrons. The first-order valence-electron chi connectivity index (χ1n) is 18.4. The summed E-state index contributed by atoms with van der Waals surface area (Å²) in [5.74, 6) is -1.30. The molecule has 2 aliphatic heterocycles. The predicted molar refractivity (Wildman–Crippen MR) is 209 cm³/mol. The van der Waals surface area contributed by atoms with Crippen molar-refractivity contribution in [1.29, 1.82) is 0 Å². The van der Waals surface area contributed by atoms with Crippen molar-refractivity contribution in [3.05, 3.63) is 94.8 Å². The molecule has 290 valence electrons. The number of aliphatic hydroxyl groups is 1. The molecule has 0 bridgehead atoms. The Labute approximate surface area is 319 Å². The number of sulfonamides is 1. The van der Waals surface area contributed by atoms with Gasteiger partial charge in [-0.1, -0.05) is 12.6 Å². The number of aliphatic hydroxyl groups excluding tert-OH is 1. The number of halogens is 1. The van der Waals surface area contributed by atoms with Gasteiger partial charge in [0.1, 0.15) is 16.5 Å². The maximum atomic E-state index is 15.0. The molecule has 7 rings (SSSR count). The van der Waals surface area contributed by atoms with E-state index in [0.717, 1.165) is 69.8 Å². The summed E-state index contributed by atoms with van der Waals surface area (Å²) in [6.45, 7) is 9.17. The first-order chi connectivity index (χ1) is 26.4. The average Bonchev–Trinajstić information content (AvgIpc) is 4.03. The summed E-state index contributed by atoms with van der Waals surface area (Å²) in [6.07, 6.45) is 7.88. The number of ether oxygens (including phenoxy) is 1. The Morgan fingerprint density at radius 1 is 1.09 bits per heavy atom. The van der Waals surface area contributed by atoms with E-state index in [9.17, 15) is 23.1 Å². The van der Waals surface area contributed by atoms with E-state index in [1.54, 1.807) is 18.2 Å². The molecule has 14 nitrogen and oxygen atoms in total. The van der Waals surface area contributed by atoms with E-state index in [1.165, 1.54) is 48.3 Å². The molecule has 1 amide bonds. The van der Waals surface area contributed by atoms with Crippen LogP contribution in [-0.4, -0.2) is 83.8 Å². The Hall–Kier alpha value is -5.16. The minimum atomic E-state index is -4.43. The highest BCUT2D eigenvalue weighted by atomic mass is 32.2. The van der Waals surface area contributed by atoms with Gasteiger partial charge >= 0.3 is 0 Å². The number of benzene rings is 2. The van der Waals surface area contributed by atoms with Crippen LogP contribution in [0.5, 0.6) is 0 Å². The highest BCUT2D eigenvalue weighted by Gasteiger charge is 2.31. The zero-order valence-corrected chi connectivity index (χ0v) is 31.6. The zero-order chi connectivity index (χ0) is 38.9. The van der Waals surface area contributed by atoms with Crippen LogP contribution in [0.3, 0.4) is 0 Å². The van der Waals surface area contributed by atoms with Crippen LogP contribution in [0.15, 0.2) is 77.2 Å². The number of anilines is 5. The van der Waals surface area contributed by atoms with E-state index in [0.29, 0.717) is 23.0 Å². The van der Waals surface area contributed by atoms with Crippen molar-refractivity contribution in [3.8, 4) is 11.3 Å². The Morgan fingerprint density at radius 3 is 2.56 bits per heavy atom. The molecular formula is C39H45FN8O6S. The number of nitrogens with zero attached hydrogens (tertiary/aromatic N) is 5. The van der Waals surface area contributed by atoms with Gasteiger partial charge in [-0.3, -0.25) is 19.2 Å². The summed E-state index contributed by atoms with van der Waals surface area (Å²) < 4.78 is 50.9. The minimum absolute atomic E-state index is 0.0622. The second-order valence-corrected chi connectivity index (χ2v) is 15.9. The lowest BCUT2D eigenvalue weighted by atomic mass is 10.0. The number of hydrogen-bond acceptors (Lipinski definition) is 11. The van der Waals surface area contributed by atoms with Crippen LogP contribution in [0.25, 0.3) is 11.3 Å². The third-order valence-electron chi connectivity index (χ3n) is 10.5. The van der Waals surface area contributed by atoms with Crippen LogP contribution < -0.4 is 25.8 Å². The molecule has 2 saturated heterocycles. The molecule has 3 fully saturated rings. The van der Waals surface area contributed by atoms with Crippen molar-refractivity contribution in [2.75, 3.05) is 53.1 Å². The lowest BCUT2D eigenvalue weighted by molar-refractivity contribution is -0.111. The van der Waals surface area contributed by atoms with Crippen molar-refractivity contribution >= 4 is 44.6 Å². The standard InChI is InChI=1S/C39H45FN8O6S/c1-4-36(50)43-32-20-27(8-9-34(32)48-16-15-47(21-24(48)2)28-12-17-54-18-13-28)42-38-39(51)46(3)22-33(44-38)29-11-14-41-37(30(29)23-49)45-55(52,53)35-10-7-26(19-31(35)40)25-5-6-25/h4,7-11,14,19-20,22,24-25,28,49H,1,5-6,12-13,15-18,21,23H2,2-3H3,(H,41,45)(H,42,44)(H,43,50)/t24-/m0/s1. The van der Waals surface area contributed by atoms with Gasteiger partial charge in [0.2, 0.25) is 5.91 Å². The minimum Gasteiger partial charge on any atom is -0.392 e. The second-order valence-electron chi connectivity index (χ2n) is 14.2. The molecule has 0 unspecified atom stereocenters. The number of carbonyl (C=O) groups excluding carboxylic acids is 1. The van der Waals surface area contributed by atoms with E-state index < -0.39 is 32.9 Å². The lowest BCUT2D eigenvalue weighted by Gasteiger charge is -2.45. The van der Waals surface area contributed by atoms with Gasteiger partial charge in [0.05, 0.1) is 23.7 Å². The second kappa shape index (κ2) is 15.9. The fourth-order valence-corrected chi connectivity index (χ4v) is 8.50. The average molecular weight is 773 g/mol. The number of rotatable bonds is 12. The molecule has 2 aromatic carbocycles. The Balaban J connectivity index is 1.16. The van der Waals surface area contributed by atoms with E-state index >= 15 is 4.39 Å². The number of hydrogen-bond donors (Lipinski definition) is 4. The lowest BCUT2D eigenvalue weighted by Crippen LogP contribution is -2.56. The Morgan fingerprint density at radius 2 is 1.87 bits per heavy atom. The van der Waals surface area contributed by atoms with Crippen LogP contribution in [-0.2, 0) is 33.2 Å². The molecule has 4 N–H and O–H groups in total. The fraction of sp³-hybridized carbons (Fsp3) is 0.385. The van der Waals surface area contributed by atoms with Crippen LogP contribution in [0.2, 0.25) is 0 Å². The number of pyridine rings is 1. The summed E-state index contributed by atoms with van der Waals surface area (Å²) >= 11 is 0. The number of piperazine rings is 1. The van der Waals surface area contributed by atoms with Crippen LogP contribution in [0.4, 0.5) is 33.1 Å². The summed E-state index contributed by atoms with van der Waals surface area (Å²) in [5.41, 5.74) is 2.70. The molecule has 4 aromatic rings. The fourth-order valence-electron chi connectivity index (χ4n) is 7.40. The monoisotopic (exact) mass is 772 g/mol. The normalized spacial score (nSPS) is 18.2. The molecule has 2 aromatic heterocycles. The van der Waals surface area contributed by atoms with Gasteiger partial charge in [-0.15, -0.1) is 0 Å². The van der Waals surface area contributed by atoms with Gasteiger partial charge in [-0.25, -0.2) is 22.8 Å². The van der Waals surface area contributed by atoms with Crippen LogP contribution in [0, 0.1) is 5.82 Å².